The summed E-state index contributed by atoms with van der Waals surface area (Å²) < 4.78 is 5.35. The highest BCUT2D eigenvalue weighted by Gasteiger charge is 2.11. The van der Waals surface area contributed by atoms with Crippen LogP contribution in [-0.4, -0.2) is 4.98 Å². The van der Waals surface area contributed by atoms with Gasteiger partial charge in [-0.15, -0.1) is 16.5 Å². The Morgan fingerprint density at radius 2 is 1.92 bits per heavy atom. The average molecular weight is 382 g/mol. The van der Waals surface area contributed by atoms with Gasteiger partial charge in [-0.3, -0.25) is 0 Å². The second-order valence-corrected chi connectivity index (χ2v) is 6.80. The molecule has 0 radical (unpaired) electrons. The van der Waals surface area contributed by atoms with Crippen molar-refractivity contribution >= 4 is 39.0 Å². The quantitative estimate of drug-likeness (QED) is 0.328. The number of nitrogens with zero attached hydrogens (tertiary/aromatic N) is 3. The van der Waals surface area contributed by atoms with E-state index in [0.717, 1.165) is 10.9 Å². The highest BCUT2D eigenvalue weighted by molar-refractivity contribution is 7.13. The van der Waals surface area contributed by atoms with Gasteiger partial charge in [-0.1, -0.05) is 41.9 Å². The van der Waals surface area contributed by atoms with Crippen molar-refractivity contribution < 1.29 is 4.42 Å². The number of hydrogen-bond acceptors (Lipinski definition) is 6. The van der Waals surface area contributed by atoms with E-state index in [1.165, 1.54) is 11.3 Å². The molecule has 0 amide bonds. The normalized spacial score (nSPS) is 11.4. The van der Waals surface area contributed by atoms with Crippen LogP contribution in [0.2, 0.25) is 5.02 Å². The van der Waals surface area contributed by atoms with E-state index in [1.54, 1.807) is 17.5 Å². The van der Waals surface area contributed by atoms with E-state index in [2.05, 4.69) is 15.2 Å². The van der Waals surface area contributed by atoms with Gasteiger partial charge in [0.05, 0.1) is 17.8 Å². The van der Waals surface area contributed by atoms with E-state index in [0.29, 0.717) is 33.5 Å². The summed E-state index contributed by atoms with van der Waals surface area (Å²) in [6, 6.07) is 16.6. The third-order valence-electron chi connectivity index (χ3n) is 3.73. The molecular weight excluding hydrogens is 370 g/mol. The Kier molecular flexibility index (Phi) is 4.60. The number of rotatable bonds is 4. The maximum Gasteiger partial charge on any atom is 0.345 e. The number of para-hydroxylation sites is 1. The average Bonchev–Trinajstić information content (AvgIpc) is 3.11. The van der Waals surface area contributed by atoms with Crippen molar-refractivity contribution in [2.45, 2.75) is 6.54 Å². The molecule has 0 N–H and O–H groups in total. The zero-order valence-corrected chi connectivity index (χ0v) is 15.0. The summed E-state index contributed by atoms with van der Waals surface area (Å²) in [5, 5.41) is 12.1. The van der Waals surface area contributed by atoms with E-state index >= 15 is 0 Å². The molecule has 2 heterocycles. The number of fused-ring (bicyclic) bond motifs is 1. The maximum absolute atomic E-state index is 12.2. The molecule has 0 aliphatic rings. The van der Waals surface area contributed by atoms with Crippen LogP contribution in [0.4, 0.5) is 5.13 Å². The number of hydrogen-bond donors (Lipinski definition) is 0. The summed E-state index contributed by atoms with van der Waals surface area (Å²) in [5.74, 6) is 0. The molecule has 2 aromatic carbocycles. The molecule has 0 saturated carbocycles. The number of benzene rings is 2. The van der Waals surface area contributed by atoms with E-state index in [4.69, 9.17) is 16.0 Å². The van der Waals surface area contributed by atoms with Gasteiger partial charge in [0.1, 0.15) is 5.58 Å². The molecule has 0 atom stereocenters. The van der Waals surface area contributed by atoms with Crippen LogP contribution >= 0.6 is 22.9 Å². The van der Waals surface area contributed by atoms with Crippen LogP contribution in [0.25, 0.3) is 22.2 Å². The van der Waals surface area contributed by atoms with Crippen LogP contribution < -0.4 is 5.63 Å². The van der Waals surface area contributed by atoms with Gasteiger partial charge in [0, 0.05) is 15.8 Å². The molecule has 7 heteroatoms. The lowest BCUT2D eigenvalue weighted by molar-refractivity contribution is 0.563. The van der Waals surface area contributed by atoms with Gasteiger partial charge in [0.2, 0.25) is 5.13 Å². The lowest BCUT2D eigenvalue weighted by Gasteiger charge is -1.98. The molecule has 0 fully saturated rings. The second kappa shape index (κ2) is 7.19. The molecule has 0 aliphatic heterocycles. The molecule has 0 unspecified atom stereocenters. The lowest BCUT2D eigenvalue weighted by Crippen LogP contribution is -2.02. The van der Waals surface area contributed by atoms with Crippen LogP contribution in [0.5, 0.6) is 0 Å². The molecule has 0 bridgehead atoms. The zero-order valence-electron chi connectivity index (χ0n) is 13.4. The van der Waals surface area contributed by atoms with Crippen LogP contribution in [0.3, 0.4) is 0 Å². The topological polar surface area (TPSA) is 67.8 Å². The molecule has 5 nitrogen and oxygen atoms in total. The number of halogens is 1. The fourth-order valence-electron chi connectivity index (χ4n) is 2.44. The smallest absolute Gasteiger partial charge is 0.345 e. The van der Waals surface area contributed by atoms with Gasteiger partial charge in [-0.05, 0) is 29.8 Å². The molecule has 0 spiro atoms. The predicted octanol–water partition coefficient (Wildman–Crippen LogP) is 5.85. The van der Waals surface area contributed by atoms with Crippen molar-refractivity contribution in [2.24, 2.45) is 10.2 Å². The fourth-order valence-corrected chi connectivity index (χ4v) is 3.22. The molecular formula is C19H12ClN3O2S. The summed E-state index contributed by atoms with van der Waals surface area (Å²) >= 11 is 7.18. The Labute approximate surface area is 157 Å². The largest absolute Gasteiger partial charge is 0.422 e. The van der Waals surface area contributed by atoms with Crippen LogP contribution in [-0.2, 0) is 6.54 Å². The summed E-state index contributed by atoms with van der Waals surface area (Å²) in [6.07, 6.45) is 0. The first kappa shape index (κ1) is 16.6. The Morgan fingerprint density at radius 3 is 2.77 bits per heavy atom. The van der Waals surface area contributed by atoms with Crippen molar-refractivity contribution in [1.82, 2.24) is 4.98 Å². The summed E-state index contributed by atoms with van der Waals surface area (Å²) in [6.45, 7) is 0.435. The molecule has 4 rings (SSSR count). The van der Waals surface area contributed by atoms with E-state index < -0.39 is 5.63 Å². The number of aromatic nitrogens is 1. The lowest BCUT2D eigenvalue weighted by atomic mass is 10.1. The predicted molar refractivity (Wildman–Crippen MR) is 103 cm³/mol. The summed E-state index contributed by atoms with van der Waals surface area (Å²) in [5.41, 5.74) is 2.09. The van der Waals surface area contributed by atoms with Crippen LogP contribution in [0.15, 0.2) is 79.4 Å². The standard InChI is InChI=1S/C19H12ClN3O2S/c20-14-7-5-12(6-8-14)10-21-23-19-22-16(11-26-19)15-9-13-3-1-2-4-17(13)25-18(15)24/h1-9,11H,10H2. The van der Waals surface area contributed by atoms with Crippen LogP contribution in [0.1, 0.15) is 5.56 Å². The third kappa shape index (κ3) is 3.56. The van der Waals surface area contributed by atoms with Crippen molar-refractivity contribution in [2.75, 3.05) is 0 Å². The maximum atomic E-state index is 12.2. The highest BCUT2D eigenvalue weighted by Crippen LogP contribution is 2.27. The highest BCUT2D eigenvalue weighted by atomic mass is 35.5. The molecule has 128 valence electrons. The van der Waals surface area contributed by atoms with E-state index in [-0.39, 0.29) is 0 Å². The van der Waals surface area contributed by atoms with Crippen molar-refractivity contribution in [1.29, 1.82) is 0 Å². The van der Waals surface area contributed by atoms with Crippen molar-refractivity contribution in [3.63, 3.8) is 0 Å². The number of azo groups is 1. The Balaban J connectivity index is 1.56. The minimum absolute atomic E-state index is 0.416. The fraction of sp³-hybridized carbons (Fsp3) is 0.0526. The third-order valence-corrected chi connectivity index (χ3v) is 4.71. The monoisotopic (exact) mass is 381 g/mol. The van der Waals surface area contributed by atoms with Gasteiger partial charge < -0.3 is 4.42 Å². The molecule has 0 aliphatic carbocycles. The van der Waals surface area contributed by atoms with Gasteiger partial charge in [0.15, 0.2) is 0 Å². The van der Waals surface area contributed by atoms with E-state index in [1.807, 2.05) is 42.5 Å². The van der Waals surface area contributed by atoms with Crippen LogP contribution in [0, 0.1) is 0 Å². The second-order valence-electron chi connectivity index (χ2n) is 5.53. The first-order chi connectivity index (χ1) is 12.7. The SMILES string of the molecule is O=c1oc2ccccc2cc1-c1csc(N=NCc2ccc(Cl)cc2)n1. The van der Waals surface area contributed by atoms with Gasteiger partial charge >= 0.3 is 5.63 Å². The zero-order chi connectivity index (χ0) is 17.9. The summed E-state index contributed by atoms with van der Waals surface area (Å²) in [7, 11) is 0. The molecule has 0 saturated heterocycles. The van der Waals surface area contributed by atoms with Gasteiger partial charge in [-0.2, -0.15) is 5.11 Å². The van der Waals surface area contributed by atoms with Gasteiger partial charge in [-0.25, -0.2) is 9.78 Å². The Bertz CT molecular complexity index is 1150. The first-order valence-corrected chi connectivity index (χ1v) is 9.05. The van der Waals surface area contributed by atoms with E-state index in [9.17, 15) is 4.79 Å². The van der Waals surface area contributed by atoms with Crippen molar-refractivity contribution in [3.05, 3.63) is 81.0 Å². The van der Waals surface area contributed by atoms with Gasteiger partial charge in [0.25, 0.3) is 0 Å². The summed E-state index contributed by atoms with van der Waals surface area (Å²) in [4.78, 5) is 16.6. The molecule has 4 aromatic rings. The molecule has 2 aromatic heterocycles. The molecule has 26 heavy (non-hydrogen) atoms. The Hall–Kier alpha value is -2.83. The minimum atomic E-state index is -0.418. The minimum Gasteiger partial charge on any atom is -0.422 e. The Morgan fingerprint density at radius 1 is 1.12 bits per heavy atom. The number of thiazole rings is 1. The first-order valence-electron chi connectivity index (χ1n) is 7.80. The van der Waals surface area contributed by atoms with Crippen molar-refractivity contribution in [3.8, 4) is 11.3 Å².